The minimum Gasteiger partial charge on any atom is -0.399 e. The van der Waals surface area contributed by atoms with Crippen LogP contribution in [0.3, 0.4) is 0 Å². The van der Waals surface area contributed by atoms with E-state index in [9.17, 15) is 4.79 Å². The number of hydrazone groups is 1. The van der Waals surface area contributed by atoms with E-state index >= 15 is 0 Å². The van der Waals surface area contributed by atoms with E-state index in [0.29, 0.717) is 11.8 Å². The lowest BCUT2D eigenvalue weighted by Gasteiger charge is -2.36. The summed E-state index contributed by atoms with van der Waals surface area (Å²) in [7, 11) is 0. The molecule has 2 fully saturated rings. The molecule has 0 aliphatic carbocycles. The molecule has 2 unspecified atom stereocenters. The third-order valence-electron chi connectivity index (χ3n) is 7.43. The number of carbonyl (C=O) groups excluding carboxylic acids is 1. The molecular formula is C26H33N5O. The molecule has 5 rings (SSSR count). The zero-order valence-electron chi connectivity index (χ0n) is 18.6. The Hall–Kier alpha value is -2.86. The molecule has 1 amide bonds. The van der Waals surface area contributed by atoms with Crippen LogP contribution in [0.25, 0.3) is 0 Å². The number of hydrogen-bond acceptors (Lipinski definition) is 5. The number of amides is 1. The smallest absolute Gasteiger partial charge is 0.233 e. The molecule has 168 valence electrons. The van der Waals surface area contributed by atoms with Crippen LogP contribution in [0.2, 0.25) is 0 Å². The molecule has 6 nitrogen and oxygen atoms in total. The normalized spacial score (nSPS) is 26.4. The molecule has 32 heavy (non-hydrogen) atoms. The Balaban J connectivity index is 1.15. The number of anilines is 1. The highest BCUT2D eigenvalue weighted by Gasteiger charge is 2.41. The van der Waals surface area contributed by atoms with Gasteiger partial charge in [-0.1, -0.05) is 42.5 Å². The van der Waals surface area contributed by atoms with Gasteiger partial charge in [-0.2, -0.15) is 5.10 Å². The molecular weight excluding hydrogens is 398 g/mol. The molecule has 3 atom stereocenters. The quantitative estimate of drug-likeness (QED) is 0.714. The number of nitrogens with zero attached hydrogens (tertiary/aromatic N) is 3. The van der Waals surface area contributed by atoms with Crippen molar-refractivity contribution < 1.29 is 4.79 Å². The van der Waals surface area contributed by atoms with Crippen LogP contribution in [0.4, 0.5) is 5.69 Å². The Kier molecular flexibility index (Phi) is 6.12. The summed E-state index contributed by atoms with van der Waals surface area (Å²) in [6.07, 6.45) is 5.07. The molecule has 6 heteroatoms. The number of carbonyl (C=O) groups is 1. The van der Waals surface area contributed by atoms with Crippen LogP contribution in [0.5, 0.6) is 0 Å². The van der Waals surface area contributed by atoms with Crippen LogP contribution in [0, 0.1) is 11.8 Å². The first-order chi connectivity index (χ1) is 15.7. The van der Waals surface area contributed by atoms with Crippen molar-refractivity contribution in [2.75, 3.05) is 31.9 Å². The number of rotatable bonds is 5. The van der Waals surface area contributed by atoms with Gasteiger partial charge in [0, 0.05) is 37.5 Å². The first-order valence-corrected chi connectivity index (χ1v) is 11.9. The number of nitrogens with one attached hydrogen (secondary N) is 1. The van der Waals surface area contributed by atoms with Crippen molar-refractivity contribution in [2.24, 2.45) is 16.9 Å². The monoisotopic (exact) mass is 431 g/mol. The highest BCUT2D eigenvalue weighted by atomic mass is 16.2. The fourth-order valence-corrected chi connectivity index (χ4v) is 5.52. The van der Waals surface area contributed by atoms with Crippen LogP contribution in [-0.2, 0) is 11.3 Å². The molecule has 2 aromatic rings. The minimum absolute atomic E-state index is 0.122. The summed E-state index contributed by atoms with van der Waals surface area (Å²) in [6, 6.07) is 18.9. The van der Waals surface area contributed by atoms with Gasteiger partial charge in [0.05, 0.1) is 12.0 Å². The number of nitrogen functional groups attached to an aromatic ring is 1. The van der Waals surface area contributed by atoms with Crippen molar-refractivity contribution in [3.05, 3.63) is 65.7 Å². The molecule has 2 aromatic carbocycles. The van der Waals surface area contributed by atoms with E-state index in [0.717, 1.165) is 57.7 Å². The average molecular weight is 432 g/mol. The Morgan fingerprint density at radius 1 is 1.00 bits per heavy atom. The van der Waals surface area contributed by atoms with Crippen LogP contribution < -0.4 is 11.2 Å². The maximum absolute atomic E-state index is 13.4. The van der Waals surface area contributed by atoms with E-state index in [1.165, 1.54) is 11.1 Å². The summed E-state index contributed by atoms with van der Waals surface area (Å²) >= 11 is 0. The van der Waals surface area contributed by atoms with E-state index < -0.39 is 0 Å². The van der Waals surface area contributed by atoms with Crippen molar-refractivity contribution in [3.8, 4) is 0 Å². The third-order valence-corrected chi connectivity index (χ3v) is 7.43. The molecule has 0 bridgehead atoms. The molecule has 3 heterocycles. The SMILES string of the molecule is Nc1ccc(CN2CCC(C3NN=CC3C(=O)N3CC[C@H](c4ccccc4)C3)CC2)cc1. The van der Waals surface area contributed by atoms with Gasteiger partial charge in [0.1, 0.15) is 0 Å². The third kappa shape index (κ3) is 4.51. The van der Waals surface area contributed by atoms with Crippen molar-refractivity contribution in [1.82, 2.24) is 15.2 Å². The van der Waals surface area contributed by atoms with Crippen LogP contribution >= 0.6 is 0 Å². The summed E-state index contributed by atoms with van der Waals surface area (Å²) in [5, 5.41) is 4.34. The zero-order valence-corrected chi connectivity index (χ0v) is 18.6. The summed E-state index contributed by atoms with van der Waals surface area (Å²) < 4.78 is 0. The van der Waals surface area contributed by atoms with Crippen LogP contribution in [0.15, 0.2) is 59.7 Å². The van der Waals surface area contributed by atoms with Gasteiger partial charge in [0.2, 0.25) is 5.91 Å². The van der Waals surface area contributed by atoms with Crippen LogP contribution in [-0.4, -0.2) is 54.1 Å². The fourth-order valence-electron chi connectivity index (χ4n) is 5.52. The number of hydrogen-bond donors (Lipinski definition) is 2. The predicted octanol–water partition coefficient (Wildman–Crippen LogP) is 3.07. The lowest BCUT2D eigenvalue weighted by molar-refractivity contribution is -0.133. The summed E-state index contributed by atoms with van der Waals surface area (Å²) in [5.74, 6) is 1.02. The highest BCUT2D eigenvalue weighted by molar-refractivity contribution is 5.95. The lowest BCUT2D eigenvalue weighted by atomic mass is 9.82. The van der Waals surface area contributed by atoms with Gasteiger partial charge in [0.25, 0.3) is 0 Å². The highest BCUT2D eigenvalue weighted by Crippen LogP contribution is 2.32. The van der Waals surface area contributed by atoms with Gasteiger partial charge < -0.3 is 16.1 Å². The van der Waals surface area contributed by atoms with Gasteiger partial charge in [-0.05, 0) is 61.5 Å². The Morgan fingerprint density at radius 3 is 2.50 bits per heavy atom. The van der Waals surface area contributed by atoms with E-state index in [2.05, 4.69) is 56.7 Å². The van der Waals surface area contributed by atoms with E-state index in [1.54, 1.807) is 0 Å². The molecule has 3 N–H and O–H groups in total. The summed E-state index contributed by atoms with van der Waals surface area (Å²) in [6.45, 7) is 4.72. The second-order valence-corrected chi connectivity index (χ2v) is 9.49. The Morgan fingerprint density at radius 2 is 1.75 bits per heavy atom. The van der Waals surface area contributed by atoms with E-state index in [4.69, 9.17) is 5.73 Å². The molecule has 3 aliphatic rings. The molecule has 0 radical (unpaired) electrons. The molecule has 2 saturated heterocycles. The molecule has 0 spiro atoms. The van der Waals surface area contributed by atoms with Gasteiger partial charge in [-0.3, -0.25) is 9.69 Å². The van der Waals surface area contributed by atoms with Crippen molar-refractivity contribution in [2.45, 2.75) is 37.8 Å². The van der Waals surface area contributed by atoms with Crippen molar-refractivity contribution in [3.63, 3.8) is 0 Å². The van der Waals surface area contributed by atoms with Gasteiger partial charge in [-0.25, -0.2) is 0 Å². The molecule has 0 saturated carbocycles. The number of nitrogens with two attached hydrogens (primary N) is 1. The maximum atomic E-state index is 13.4. The topological polar surface area (TPSA) is 74.0 Å². The van der Waals surface area contributed by atoms with Crippen LogP contribution in [0.1, 0.15) is 36.3 Å². The maximum Gasteiger partial charge on any atom is 0.233 e. The Bertz CT molecular complexity index is 936. The van der Waals surface area contributed by atoms with E-state index in [1.807, 2.05) is 24.4 Å². The van der Waals surface area contributed by atoms with Gasteiger partial charge in [0.15, 0.2) is 0 Å². The summed E-state index contributed by atoms with van der Waals surface area (Å²) in [5.41, 5.74) is 12.5. The van der Waals surface area contributed by atoms with E-state index in [-0.39, 0.29) is 17.9 Å². The second-order valence-electron chi connectivity index (χ2n) is 9.49. The Labute approximate surface area is 190 Å². The number of piperidine rings is 1. The predicted molar refractivity (Wildman–Crippen MR) is 128 cm³/mol. The zero-order chi connectivity index (χ0) is 21.9. The largest absolute Gasteiger partial charge is 0.399 e. The van der Waals surface area contributed by atoms with Gasteiger partial charge in [-0.15, -0.1) is 0 Å². The second kappa shape index (κ2) is 9.33. The first kappa shape index (κ1) is 21.0. The number of benzene rings is 2. The van der Waals surface area contributed by atoms with Crippen molar-refractivity contribution in [1.29, 1.82) is 0 Å². The first-order valence-electron chi connectivity index (χ1n) is 11.9. The summed E-state index contributed by atoms with van der Waals surface area (Å²) in [4.78, 5) is 17.9. The molecule has 3 aliphatic heterocycles. The van der Waals surface area contributed by atoms with Crippen molar-refractivity contribution >= 4 is 17.8 Å². The average Bonchev–Trinajstić information content (AvgIpc) is 3.52. The minimum atomic E-state index is -0.141. The fraction of sp³-hybridized carbons (Fsp3) is 0.462. The standard InChI is InChI=1S/C26H33N5O/c27-23-8-6-19(7-9-23)17-30-13-10-21(11-14-30)25-24(16-28-29-25)26(32)31-15-12-22(18-31)20-4-2-1-3-5-20/h1-9,16,21-22,24-25,29H,10-15,17-18,27H2/t22-,24?,25?/m0/s1. The number of likely N-dealkylation sites (tertiary alicyclic amines) is 2. The van der Waals surface area contributed by atoms with Gasteiger partial charge >= 0.3 is 0 Å². The molecule has 0 aromatic heterocycles. The lowest BCUT2D eigenvalue weighted by Crippen LogP contribution is -2.48.